The van der Waals surface area contributed by atoms with E-state index in [-0.39, 0.29) is 19.0 Å². The van der Waals surface area contributed by atoms with Crippen LogP contribution >= 0.6 is 12.6 Å². The molecule has 0 unspecified atom stereocenters. The van der Waals surface area contributed by atoms with Gasteiger partial charge in [0, 0.05) is 11.6 Å². The molecule has 0 bridgehead atoms. The van der Waals surface area contributed by atoms with Crippen LogP contribution in [0.4, 0.5) is 0 Å². The average molecular weight is 379 g/mol. The minimum atomic E-state index is -0.0974. The molecular formula is C20H17N3O3S. The van der Waals surface area contributed by atoms with Crippen molar-refractivity contribution in [2.45, 2.75) is 5.03 Å². The van der Waals surface area contributed by atoms with Crippen molar-refractivity contribution >= 4 is 23.4 Å². The van der Waals surface area contributed by atoms with E-state index in [9.17, 15) is 5.11 Å². The number of nitrogens with zero attached hydrogens (tertiary/aromatic N) is 3. The SMILES string of the molecule is OCCOc1ccc(-n2nnc(S)c2-c2cccc3ccccc23)c(O)c1. The molecule has 0 fully saturated rings. The molecule has 3 aromatic carbocycles. The van der Waals surface area contributed by atoms with E-state index in [1.54, 1.807) is 16.8 Å². The first-order valence-corrected chi connectivity index (χ1v) is 8.83. The number of aliphatic hydroxyl groups is 1. The molecule has 0 atom stereocenters. The highest BCUT2D eigenvalue weighted by molar-refractivity contribution is 7.80. The number of phenols is 1. The monoisotopic (exact) mass is 379 g/mol. The maximum Gasteiger partial charge on any atom is 0.145 e. The number of hydrogen-bond acceptors (Lipinski definition) is 6. The molecule has 6 nitrogen and oxygen atoms in total. The van der Waals surface area contributed by atoms with Gasteiger partial charge in [-0.05, 0) is 22.9 Å². The fraction of sp³-hybridized carbons (Fsp3) is 0.100. The van der Waals surface area contributed by atoms with Crippen molar-refractivity contribution in [2.24, 2.45) is 0 Å². The zero-order valence-corrected chi connectivity index (χ0v) is 15.2. The quantitative estimate of drug-likeness (QED) is 0.463. The van der Waals surface area contributed by atoms with Gasteiger partial charge in [0.15, 0.2) is 0 Å². The Morgan fingerprint density at radius 1 is 1.04 bits per heavy atom. The van der Waals surface area contributed by atoms with E-state index in [4.69, 9.17) is 9.84 Å². The largest absolute Gasteiger partial charge is 0.506 e. The molecule has 7 heteroatoms. The molecule has 2 N–H and O–H groups in total. The van der Waals surface area contributed by atoms with E-state index in [1.165, 1.54) is 6.07 Å². The predicted molar refractivity (Wildman–Crippen MR) is 106 cm³/mol. The van der Waals surface area contributed by atoms with Crippen LogP contribution in [0.3, 0.4) is 0 Å². The lowest BCUT2D eigenvalue weighted by atomic mass is 10.0. The number of thiol groups is 1. The molecule has 27 heavy (non-hydrogen) atoms. The van der Waals surface area contributed by atoms with Gasteiger partial charge in [-0.25, -0.2) is 4.68 Å². The molecule has 4 rings (SSSR count). The van der Waals surface area contributed by atoms with Gasteiger partial charge in [0.1, 0.15) is 34.5 Å². The predicted octanol–water partition coefficient (Wildman–Crippen LogP) is 3.45. The lowest BCUT2D eigenvalue weighted by Gasteiger charge is -2.12. The lowest BCUT2D eigenvalue weighted by Crippen LogP contribution is -2.03. The normalized spacial score (nSPS) is 11.0. The van der Waals surface area contributed by atoms with Crippen LogP contribution in [0.15, 0.2) is 65.7 Å². The zero-order valence-electron chi connectivity index (χ0n) is 14.3. The van der Waals surface area contributed by atoms with Gasteiger partial charge in [-0.1, -0.05) is 47.7 Å². The van der Waals surface area contributed by atoms with Crippen LogP contribution in [0.25, 0.3) is 27.7 Å². The molecule has 0 aliphatic heterocycles. The Hall–Kier alpha value is -3.03. The van der Waals surface area contributed by atoms with E-state index >= 15 is 0 Å². The highest BCUT2D eigenvalue weighted by Gasteiger charge is 2.18. The van der Waals surface area contributed by atoms with E-state index < -0.39 is 0 Å². The third-order valence-electron chi connectivity index (χ3n) is 4.23. The molecule has 0 aliphatic rings. The number of ether oxygens (including phenoxy) is 1. The van der Waals surface area contributed by atoms with Crippen LogP contribution in [0, 0.1) is 0 Å². The molecule has 4 aromatic rings. The first-order valence-electron chi connectivity index (χ1n) is 8.39. The fourth-order valence-electron chi connectivity index (χ4n) is 3.04. The summed E-state index contributed by atoms with van der Waals surface area (Å²) < 4.78 is 6.90. The van der Waals surface area contributed by atoms with Crippen molar-refractivity contribution < 1.29 is 14.9 Å². The lowest BCUT2D eigenvalue weighted by molar-refractivity contribution is 0.201. The first-order chi connectivity index (χ1) is 13.2. The van der Waals surface area contributed by atoms with Crippen molar-refractivity contribution in [3.63, 3.8) is 0 Å². The number of hydrogen-bond donors (Lipinski definition) is 3. The molecule has 0 aliphatic carbocycles. The standard InChI is InChI=1S/C20H17N3O3S/c24-10-11-26-14-8-9-17(18(25)12-14)23-19(20(27)21-22-23)16-7-3-5-13-4-1-2-6-15(13)16/h1-9,12,24-25,27H,10-11H2. The van der Waals surface area contributed by atoms with Crippen molar-refractivity contribution in [3.05, 3.63) is 60.7 Å². The zero-order chi connectivity index (χ0) is 18.8. The van der Waals surface area contributed by atoms with Crippen LogP contribution < -0.4 is 4.74 Å². The van der Waals surface area contributed by atoms with Gasteiger partial charge in [-0.3, -0.25) is 0 Å². The van der Waals surface area contributed by atoms with Crippen LogP contribution in [0.2, 0.25) is 0 Å². The Morgan fingerprint density at radius 3 is 2.67 bits per heavy atom. The summed E-state index contributed by atoms with van der Waals surface area (Å²) in [4.78, 5) is 0. The second-order valence-corrected chi connectivity index (χ2v) is 6.35. The highest BCUT2D eigenvalue weighted by atomic mass is 32.1. The number of aromatic nitrogens is 3. The maximum atomic E-state index is 10.5. The number of fused-ring (bicyclic) bond motifs is 1. The number of rotatable bonds is 5. The fourth-order valence-corrected chi connectivity index (χ4v) is 3.30. The average Bonchev–Trinajstić information content (AvgIpc) is 3.07. The molecule has 0 saturated carbocycles. The number of aromatic hydroxyl groups is 1. The third-order valence-corrected chi connectivity index (χ3v) is 4.53. The number of benzene rings is 3. The Kier molecular flexibility index (Phi) is 4.70. The van der Waals surface area contributed by atoms with E-state index in [0.717, 1.165) is 16.3 Å². The van der Waals surface area contributed by atoms with Gasteiger partial charge < -0.3 is 14.9 Å². The van der Waals surface area contributed by atoms with Gasteiger partial charge in [-0.15, -0.1) is 17.7 Å². The van der Waals surface area contributed by atoms with Crippen LogP contribution in [-0.2, 0) is 0 Å². The van der Waals surface area contributed by atoms with Gasteiger partial charge in [0.05, 0.1) is 6.61 Å². The summed E-state index contributed by atoms with van der Waals surface area (Å²) in [5.41, 5.74) is 2.07. The molecule has 1 heterocycles. The Bertz CT molecular complexity index is 1110. The molecule has 0 spiro atoms. The summed E-state index contributed by atoms with van der Waals surface area (Å²) in [5, 5.41) is 30.2. The van der Waals surface area contributed by atoms with Crippen LogP contribution in [0.1, 0.15) is 0 Å². The van der Waals surface area contributed by atoms with Crippen molar-refractivity contribution in [3.8, 4) is 28.4 Å². The highest BCUT2D eigenvalue weighted by Crippen LogP contribution is 2.35. The molecule has 1 aromatic heterocycles. The second-order valence-electron chi connectivity index (χ2n) is 5.92. The molecule has 0 amide bonds. The molecule has 0 saturated heterocycles. The Morgan fingerprint density at radius 2 is 1.85 bits per heavy atom. The van der Waals surface area contributed by atoms with Crippen LogP contribution in [-0.4, -0.2) is 38.4 Å². The summed E-state index contributed by atoms with van der Waals surface area (Å²) in [6, 6.07) is 18.9. The minimum absolute atomic E-state index is 0.00911. The first kappa shape index (κ1) is 17.4. The smallest absolute Gasteiger partial charge is 0.145 e. The van der Waals surface area contributed by atoms with Crippen LogP contribution in [0.5, 0.6) is 11.5 Å². The number of aliphatic hydroxyl groups excluding tert-OH is 1. The third kappa shape index (κ3) is 3.22. The van der Waals surface area contributed by atoms with Gasteiger partial charge in [0.2, 0.25) is 0 Å². The summed E-state index contributed by atoms with van der Waals surface area (Å²) >= 11 is 4.48. The van der Waals surface area contributed by atoms with E-state index in [2.05, 4.69) is 22.9 Å². The summed E-state index contributed by atoms with van der Waals surface area (Å²) in [6.45, 7) is 0.0595. The van der Waals surface area contributed by atoms with Crippen molar-refractivity contribution in [2.75, 3.05) is 13.2 Å². The Labute approximate surface area is 161 Å². The van der Waals surface area contributed by atoms with E-state index in [0.29, 0.717) is 22.2 Å². The maximum absolute atomic E-state index is 10.5. The molecule has 0 radical (unpaired) electrons. The van der Waals surface area contributed by atoms with Gasteiger partial charge in [-0.2, -0.15) is 0 Å². The van der Waals surface area contributed by atoms with E-state index in [1.807, 2.05) is 42.5 Å². The van der Waals surface area contributed by atoms with Crippen molar-refractivity contribution in [1.82, 2.24) is 15.0 Å². The van der Waals surface area contributed by atoms with Crippen molar-refractivity contribution in [1.29, 1.82) is 0 Å². The Balaban J connectivity index is 1.86. The summed E-state index contributed by atoms with van der Waals surface area (Å²) in [5.74, 6) is 0.452. The van der Waals surface area contributed by atoms with Gasteiger partial charge >= 0.3 is 0 Å². The second kappa shape index (κ2) is 7.30. The summed E-state index contributed by atoms with van der Waals surface area (Å²) in [7, 11) is 0. The molecule has 136 valence electrons. The number of phenolic OH excluding ortho intramolecular Hbond substituents is 1. The van der Waals surface area contributed by atoms with Gasteiger partial charge in [0.25, 0.3) is 0 Å². The minimum Gasteiger partial charge on any atom is -0.506 e. The summed E-state index contributed by atoms with van der Waals surface area (Å²) in [6.07, 6.45) is 0. The molecular weight excluding hydrogens is 362 g/mol. The topological polar surface area (TPSA) is 80.4 Å².